The summed E-state index contributed by atoms with van der Waals surface area (Å²) < 4.78 is 37.5. The van der Waals surface area contributed by atoms with Crippen molar-refractivity contribution in [3.05, 3.63) is 34.1 Å². The minimum Gasteiger partial charge on any atom is -0.271 e. The SMILES string of the molecule is NNC(c1cc(Br)ccc1F)C1CCS(=O)(=O)C1. The van der Waals surface area contributed by atoms with Crippen LogP contribution in [0.15, 0.2) is 22.7 Å². The van der Waals surface area contributed by atoms with Gasteiger partial charge in [0.1, 0.15) is 5.82 Å². The third-order valence-corrected chi connectivity index (χ3v) is 5.50. The predicted octanol–water partition coefficient (Wildman–Crippen LogP) is 1.53. The van der Waals surface area contributed by atoms with Crippen LogP contribution in [0.5, 0.6) is 0 Å². The highest BCUT2D eigenvalue weighted by atomic mass is 79.9. The predicted molar refractivity (Wildman–Crippen MR) is 70.9 cm³/mol. The second kappa shape index (κ2) is 5.24. The lowest BCUT2D eigenvalue weighted by molar-refractivity contribution is 0.386. The van der Waals surface area contributed by atoms with E-state index in [1.165, 1.54) is 6.07 Å². The van der Waals surface area contributed by atoms with Gasteiger partial charge in [0.05, 0.1) is 17.5 Å². The van der Waals surface area contributed by atoms with Gasteiger partial charge in [-0.05, 0) is 30.5 Å². The summed E-state index contributed by atoms with van der Waals surface area (Å²) in [5.74, 6) is 5.08. The van der Waals surface area contributed by atoms with Gasteiger partial charge in [-0.3, -0.25) is 11.3 Å². The first kappa shape index (κ1) is 13.9. The first-order valence-corrected chi connectivity index (χ1v) is 8.16. The van der Waals surface area contributed by atoms with Crippen molar-refractivity contribution in [1.29, 1.82) is 0 Å². The molecular formula is C11H14BrFN2O2S. The zero-order valence-corrected chi connectivity index (χ0v) is 12.0. The van der Waals surface area contributed by atoms with Gasteiger partial charge < -0.3 is 0 Å². The van der Waals surface area contributed by atoms with Crippen molar-refractivity contribution < 1.29 is 12.8 Å². The molecule has 0 amide bonds. The highest BCUT2D eigenvalue weighted by Crippen LogP contribution is 2.33. The Labute approximate surface area is 114 Å². The number of rotatable bonds is 3. The fourth-order valence-electron chi connectivity index (χ4n) is 2.32. The zero-order valence-electron chi connectivity index (χ0n) is 9.57. The molecule has 7 heteroatoms. The summed E-state index contributed by atoms with van der Waals surface area (Å²) in [6.07, 6.45) is 0.503. The van der Waals surface area contributed by atoms with Gasteiger partial charge in [-0.1, -0.05) is 15.9 Å². The van der Waals surface area contributed by atoms with Crippen LogP contribution in [-0.4, -0.2) is 19.9 Å². The Bertz CT molecular complexity index is 550. The summed E-state index contributed by atoms with van der Waals surface area (Å²) in [5.41, 5.74) is 2.94. The maximum atomic E-state index is 13.8. The lowest BCUT2D eigenvalue weighted by Crippen LogP contribution is -2.34. The average Bonchev–Trinajstić information content (AvgIpc) is 2.65. The van der Waals surface area contributed by atoms with Crippen molar-refractivity contribution in [3.8, 4) is 0 Å². The topological polar surface area (TPSA) is 72.2 Å². The van der Waals surface area contributed by atoms with Gasteiger partial charge in [-0.2, -0.15) is 0 Å². The van der Waals surface area contributed by atoms with Gasteiger partial charge in [0.15, 0.2) is 9.84 Å². The van der Waals surface area contributed by atoms with Gasteiger partial charge in [0.25, 0.3) is 0 Å². The van der Waals surface area contributed by atoms with E-state index in [2.05, 4.69) is 21.4 Å². The van der Waals surface area contributed by atoms with Crippen molar-refractivity contribution in [2.45, 2.75) is 12.5 Å². The molecule has 0 aromatic heterocycles. The number of sulfone groups is 1. The number of halogens is 2. The Hall–Kier alpha value is -0.500. The molecule has 1 heterocycles. The number of benzene rings is 1. The minimum absolute atomic E-state index is 0.0494. The van der Waals surface area contributed by atoms with Crippen LogP contribution in [0.4, 0.5) is 4.39 Å². The van der Waals surface area contributed by atoms with E-state index in [9.17, 15) is 12.8 Å². The number of nitrogens with two attached hydrogens (primary N) is 1. The van der Waals surface area contributed by atoms with E-state index in [1.54, 1.807) is 12.1 Å². The largest absolute Gasteiger partial charge is 0.271 e. The van der Waals surface area contributed by atoms with Crippen molar-refractivity contribution in [2.75, 3.05) is 11.5 Å². The normalized spacial score (nSPS) is 24.1. The zero-order chi connectivity index (χ0) is 13.3. The van der Waals surface area contributed by atoms with E-state index in [4.69, 9.17) is 5.84 Å². The smallest absolute Gasteiger partial charge is 0.150 e. The standard InChI is InChI=1S/C11H14BrFN2O2S/c12-8-1-2-10(13)9(5-8)11(15-14)7-3-4-18(16,17)6-7/h1-2,5,7,11,15H,3-4,6,14H2. The summed E-state index contributed by atoms with van der Waals surface area (Å²) in [5, 5.41) is 0. The molecule has 3 N–H and O–H groups in total. The van der Waals surface area contributed by atoms with Crippen LogP contribution in [0.1, 0.15) is 18.0 Å². The Kier molecular flexibility index (Phi) is 4.05. The molecule has 2 atom stereocenters. The molecule has 2 unspecified atom stereocenters. The molecule has 1 fully saturated rings. The maximum absolute atomic E-state index is 13.8. The third-order valence-electron chi connectivity index (χ3n) is 3.21. The molecule has 1 aromatic carbocycles. The van der Waals surface area contributed by atoms with Crippen LogP contribution in [0, 0.1) is 11.7 Å². The number of nitrogens with one attached hydrogen (secondary N) is 1. The number of hydrogen-bond acceptors (Lipinski definition) is 4. The molecule has 2 rings (SSSR count). The van der Waals surface area contributed by atoms with E-state index in [0.717, 1.165) is 4.47 Å². The molecule has 0 spiro atoms. The molecule has 4 nitrogen and oxygen atoms in total. The molecule has 1 aliphatic rings. The van der Waals surface area contributed by atoms with Gasteiger partial charge in [-0.15, -0.1) is 0 Å². The molecule has 1 aromatic rings. The van der Waals surface area contributed by atoms with Crippen LogP contribution >= 0.6 is 15.9 Å². The molecule has 0 aliphatic carbocycles. The van der Waals surface area contributed by atoms with Crippen molar-refractivity contribution in [1.82, 2.24) is 5.43 Å². The molecule has 0 radical (unpaired) electrons. The van der Waals surface area contributed by atoms with Gasteiger partial charge >= 0.3 is 0 Å². The molecule has 1 saturated heterocycles. The highest BCUT2D eigenvalue weighted by Gasteiger charge is 2.35. The monoisotopic (exact) mass is 336 g/mol. The fraction of sp³-hybridized carbons (Fsp3) is 0.455. The number of hydrogen-bond donors (Lipinski definition) is 2. The Balaban J connectivity index is 2.31. The van der Waals surface area contributed by atoms with E-state index in [0.29, 0.717) is 12.0 Å². The Morgan fingerprint density at radius 3 is 2.78 bits per heavy atom. The summed E-state index contributed by atoms with van der Waals surface area (Å²) in [6.45, 7) is 0. The average molecular weight is 337 g/mol. The van der Waals surface area contributed by atoms with E-state index in [-0.39, 0.29) is 23.2 Å². The fourth-order valence-corrected chi connectivity index (χ4v) is 4.54. The van der Waals surface area contributed by atoms with Crippen LogP contribution in [-0.2, 0) is 9.84 Å². The van der Waals surface area contributed by atoms with Crippen molar-refractivity contribution in [3.63, 3.8) is 0 Å². The van der Waals surface area contributed by atoms with Crippen LogP contribution in [0.3, 0.4) is 0 Å². The summed E-state index contributed by atoms with van der Waals surface area (Å²) >= 11 is 3.27. The molecule has 0 bridgehead atoms. The highest BCUT2D eigenvalue weighted by molar-refractivity contribution is 9.10. The van der Waals surface area contributed by atoms with Crippen molar-refractivity contribution in [2.24, 2.45) is 11.8 Å². The maximum Gasteiger partial charge on any atom is 0.150 e. The van der Waals surface area contributed by atoms with Crippen LogP contribution < -0.4 is 11.3 Å². The van der Waals surface area contributed by atoms with E-state index < -0.39 is 15.9 Å². The molecule has 1 aliphatic heterocycles. The first-order valence-electron chi connectivity index (χ1n) is 5.54. The quantitative estimate of drug-likeness (QED) is 0.648. The third kappa shape index (κ3) is 2.90. The number of hydrazine groups is 1. The van der Waals surface area contributed by atoms with E-state index in [1.807, 2.05) is 0 Å². The molecule has 18 heavy (non-hydrogen) atoms. The lowest BCUT2D eigenvalue weighted by Gasteiger charge is -2.22. The van der Waals surface area contributed by atoms with E-state index >= 15 is 0 Å². The van der Waals surface area contributed by atoms with Crippen molar-refractivity contribution >= 4 is 25.8 Å². The Morgan fingerprint density at radius 2 is 2.22 bits per heavy atom. The van der Waals surface area contributed by atoms with Gasteiger partial charge in [0.2, 0.25) is 0 Å². The molecule has 0 saturated carbocycles. The molecular weight excluding hydrogens is 323 g/mol. The van der Waals surface area contributed by atoms with Gasteiger partial charge in [-0.25, -0.2) is 12.8 Å². The summed E-state index contributed by atoms with van der Waals surface area (Å²) in [7, 11) is -3.01. The second-order valence-corrected chi connectivity index (χ2v) is 7.62. The second-order valence-electron chi connectivity index (χ2n) is 4.47. The minimum atomic E-state index is -3.01. The van der Waals surface area contributed by atoms with Gasteiger partial charge in [0, 0.05) is 10.0 Å². The molecule has 100 valence electrons. The first-order chi connectivity index (χ1) is 8.43. The summed E-state index contributed by atoms with van der Waals surface area (Å²) in [4.78, 5) is 0. The summed E-state index contributed by atoms with van der Waals surface area (Å²) in [6, 6.07) is 4.08. The Morgan fingerprint density at radius 1 is 1.50 bits per heavy atom. The van der Waals surface area contributed by atoms with Crippen LogP contribution in [0.2, 0.25) is 0 Å². The van der Waals surface area contributed by atoms with Crippen LogP contribution in [0.25, 0.3) is 0 Å². The lowest BCUT2D eigenvalue weighted by atomic mass is 9.93.